The van der Waals surface area contributed by atoms with Crippen molar-refractivity contribution in [3.05, 3.63) is 61.8 Å². The standard InChI is InChI=1S/C15H12ClFN4O3/c1-19-12-11(13(23)20(2)15(19)24)21(14(16)18-12)7-10(22)8-3-5-9(17)6-4-8/h3-6H,7H2,1-2H3. The summed E-state index contributed by atoms with van der Waals surface area (Å²) < 4.78 is 16.3. The molecule has 124 valence electrons. The molecule has 0 radical (unpaired) electrons. The number of Topliss-reactive ketones (excluding diaryl/α,β-unsaturated/α-hetero) is 1. The van der Waals surface area contributed by atoms with E-state index < -0.39 is 17.1 Å². The average molecular weight is 351 g/mol. The maximum absolute atomic E-state index is 13.0. The molecule has 0 atom stereocenters. The molecule has 3 rings (SSSR count). The molecule has 0 aliphatic carbocycles. The highest BCUT2D eigenvalue weighted by Crippen LogP contribution is 2.16. The van der Waals surface area contributed by atoms with Crippen molar-refractivity contribution in [2.75, 3.05) is 0 Å². The number of nitrogens with zero attached hydrogens (tertiary/aromatic N) is 4. The van der Waals surface area contributed by atoms with Crippen molar-refractivity contribution in [1.29, 1.82) is 0 Å². The number of halogens is 2. The van der Waals surface area contributed by atoms with Crippen molar-refractivity contribution < 1.29 is 9.18 Å². The van der Waals surface area contributed by atoms with Crippen molar-refractivity contribution in [2.45, 2.75) is 6.54 Å². The van der Waals surface area contributed by atoms with E-state index in [4.69, 9.17) is 11.6 Å². The molecule has 2 heterocycles. The van der Waals surface area contributed by atoms with E-state index in [1.165, 1.54) is 47.5 Å². The molecule has 3 aromatic rings. The summed E-state index contributed by atoms with van der Waals surface area (Å²) in [5.74, 6) is -0.825. The second-order valence-corrected chi connectivity index (χ2v) is 5.61. The summed E-state index contributed by atoms with van der Waals surface area (Å²) in [7, 11) is 2.79. The first kappa shape index (κ1) is 16.1. The van der Waals surface area contributed by atoms with E-state index in [9.17, 15) is 18.8 Å². The Morgan fingerprint density at radius 1 is 1.17 bits per heavy atom. The van der Waals surface area contributed by atoms with Gasteiger partial charge in [-0.1, -0.05) is 0 Å². The van der Waals surface area contributed by atoms with Gasteiger partial charge in [-0.3, -0.25) is 18.7 Å². The number of aromatic nitrogens is 4. The first-order chi connectivity index (χ1) is 11.3. The molecule has 7 nitrogen and oxygen atoms in total. The smallest absolute Gasteiger partial charge is 0.301 e. The fourth-order valence-electron chi connectivity index (χ4n) is 2.43. The highest BCUT2D eigenvalue weighted by molar-refractivity contribution is 6.29. The second kappa shape index (κ2) is 5.72. The lowest BCUT2D eigenvalue weighted by Crippen LogP contribution is -2.37. The first-order valence-corrected chi connectivity index (χ1v) is 7.29. The molecule has 0 saturated heterocycles. The minimum atomic E-state index is -0.598. The van der Waals surface area contributed by atoms with Gasteiger partial charge in [0.15, 0.2) is 16.9 Å². The van der Waals surface area contributed by atoms with Crippen molar-refractivity contribution in [3.63, 3.8) is 0 Å². The number of ketones is 1. The van der Waals surface area contributed by atoms with Crippen LogP contribution in [0.2, 0.25) is 5.28 Å². The summed E-state index contributed by atoms with van der Waals surface area (Å²) in [5, 5.41) is -0.0845. The number of aryl methyl sites for hydroxylation is 1. The molecule has 0 N–H and O–H groups in total. The van der Waals surface area contributed by atoms with Crippen LogP contribution in [0.4, 0.5) is 4.39 Å². The minimum Gasteiger partial charge on any atom is -0.301 e. The van der Waals surface area contributed by atoms with E-state index in [-0.39, 0.29) is 34.3 Å². The van der Waals surface area contributed by atoms with Crippen LogP contribution >= 0.6 is 11.6 Å². The Balaban J connectivity index is 2.15. The summed E-state index contributed by atoms with van der Waals surface area (Å²) >= 11 is 6.05. The number of fused-ring (bicyclic) bond motifs is 1. The Hall–Kier alpha value is -2.74. The highest BCUT2D eigenvalue weighted by atomic mass is 35.5. The normalized spacial score (nSPS) is 11.2. The lowest BCUT2D eigenvalue weighted by Gasteiger charge is -2.07. The lowest BCUT2D eigenvalue weighted by molar-refractivity contribution is 0.0973. The molecule has 1 aromatic carbocycles. The maximum Gasteiger partial charge on any atom is 0.332 e. The monoisotopic (exact) mass is 350 g/mol. The number of rotatable bonds is 3. The van der Waals surface area contributed by atoms with Crippen LogP contribution < -0.4 is 11.2 Å². The summed E-state index contributed by atoms with van der Waals surface area (Å²) in [6.45, 7) is -0.256. The lowest BCUT2D eigenvalue weighted by atomic mass is 10.1. The van der Waals surface area contributed by atoms with Crippen molar-refractivity contribution in [3.8, 4) is 0 Å². The topological polar surface area (TPSA) is 78.9 Å². The molecular formula is C15H12ClFN4O3. The van der Waals surface area contributed by atoms with Gasteiger partial charge in [-0.15, -0.1) is 0 Å². The molecule has 0 bridgehead atoms. The zero-order valence-corrected chi connectivity index (χ0v) is 13.5. The Kier molecular flexibility index (Phi) is 3.84. The van der Waals surface area contributed by atoms with E-state index in [0.717, 1.165) is 4.57 Å². The highest BCUT2D eigenvalue weighted by Gasteiger charge is 2.20. The largest absolute Gasteiger partial charge is 0.332 e. The summed E-state index contributed by atoms with van der Waals surface area (Å²) in [6, 6.07) is 5.03. The minimum absolute atomic E-state index is 0.0556. The fraction of sp³-hybridized carbons (Fsp3) is 0.200. The maximum atomic E-state index is 13.0. The van der Waals surface area contributed by atoms with Crippen molar-refractivity contribution >= 4 is 28.5 Å². The van der Waals surface area contributed by atoms with Crippen molar-refractivity contribution in [1.82, 2.24) is 18.7 Å². The average Bonchev–Trinajstić information content (AvgIpc) is 2.88. The Morgan fingerprint density at radius 3 is 2.42 bits per heavy atom. The summed E-state index contributed by atoms with van der Waals surface area (Å²) in [6.07, 6.45) is 0. The molecular weight excluding hydrogens is 339 g/mol. The van der Waals surface area contributed by atoms with Gasteiger partial charge in [0.05, 0.1) is 6.54 Å². The number of hydrogen-bond acceptors (Lipinski definition) is 4. The first-order valence-electron chi connectivity index (χ1n) is 6.91. The third-order valence-electron chi connectivity index (χ3n) is 3.77. The van der Waals surface area contributed by atoms with Crippen LogP contribution in [0.15, 0.2) is 33.9 Å². The number of hydrogen-bond donors (Lipinski definition) is 0. The third kappa shape index (κ3) is 2.44. The molecule has 0 aliphatic rings. The van der Waals surface area contributed by atoms with Gasteiger partial charge in [0.2, 0.25) is 5.28 Å². The predicted molar refractivity (Wildman–Crippen MR) is 86.0 cm³/mol. The van der Waals surface area contributed by atoms with Crippen LogP contribution in [0.5, 0.6) is 0 Å². The zero-order valence-electron chi connectivity index (χ0n) is 12.8. The third-order valence-corrected chi connectivity index (χ3v) is 4.06. The molecule has 0 unspecified atom stereocenters. The molecule has 0 saturated carbocycles. The molecule has 0 fully saturated rings. The van der Waals surface area contributed by atoms with E-state index in [1.54, 1.807) is 0 Å². The summed E-state index contributed by atoms with van der Waals surface area (Å²) in [5.41, 5.74) is -0.714. The van der Waals surface area contributed by atoms with Gasteiger partial charge in [-0.25, -0.2) is 9.18 Å². The van der Waals surface area contributed by atoms with Gasteiger partial charge < -0.3 is 4.57 Å². The van der Waals surface area contributed by atoms with Crippen LogP contribution in [0.1, 0.15) is 10.4 Å². The molecule has 0 amide bonds. The fourth-order valence-corrected chi connectivity index (χ4v) is 2.66. The van der Waals surface area contributed by atoms with E-state index in [2.05, 4.69) is 4.98 Å². The van der Waals surface area contributed by atoms with Gasteiger partial charge in [0, 0.05) is 19.7 Å². The van der Waals surface area contributed by atoms with Crippen LogP contribution in [-0.4, -0.2) is 24.5 Å². The Morgan fingerprint density at radius 2 is 1.79 bits per heavy atom. The number of carbonyl (C=O) groups excluding carboxylic acids is 1. The van der Waals surface area contributed by atoms with Gasteiger partial charge >= 0.3 is 5.69 Å². The number of carbonyl (C=O) groups is 1. The van der Waals surface area contributed by atoms with Crippen LogP contribution in [0.3, 0.4) is 0 Å². The molecule has 0 aliphatic heterocycles. The van der Waals surface area contributed by atoms with Gasteiger partial charge in [0.25, 0.3) is 5.56 Å². The molecule has 2 aromatic heterocycles. The quantitative estimate of drug-likeness (QED) is 0.523. The predicted octanol–water partition coefficient (Wildman–Crippen LogP) is 1.11. The van der Waals surface area contributed by atoms with Crippen LogP contribution in [0, 0.1) is 5.82 Å². The van der Waals surface area contributed by atoms with E-state index >= 15 is 0 Å². The second-order valence-electron chi connectivity index (χ2n) is 5.28. The Labute approximate surface area is 139 Å². The van der Waals surface area contributed by atoms with Gasteiger partial charge in [-0.05, 0) is 35.9 Å². The van der Waals surface area contributed by atoms with Crippen LogP contribution in [-0.2, 0) is 20.6 Å². The van der Waals surface area contributed by atoms with Crippen molar-refractivity contribution in [2.24, 2.45) is 14.1 Å². The van der Waals surface area contributed by atoms with Gasteiger partial charge in [0.1, 0.15) is 5.82 Å². The van der Waals surface area contributed by atoms with Crippen LogP contribution in [0.25, 0.3) is 11.2 Å². The molecule has 24 heavy (non-hydrogen) atoms. The SMILES string of the molecule is Cn1c(=O)c2c(nc(Cl)n2CC(=O)c2ccc(F)cc2)n(C)c1=O. The van der Waals surface area contributed by atoms with Gasteiger partial charge in [-0.2, -0.15) is 4.98 Å². The number of benzene rings is 1. The van der Waals surface area contributed by atoms with E-state index in [1.807, 2.05) is 0 Å². The van der Waals surface area contributed by atoms with E-state index in [0.29, 0.717) is 0 Å². The zero-order chi connectivity index (χ0) is 17.6. The molecule has 0 spiro atoms. The Bertz CT molecular complexity index is 1080. The summed E-state index contributed by atoms with van der Waals surface area (Å²) in [4.78, 5) is 40.7. The molecule has 9 heteroatoms. The number of imidazole rings is 1.